The molecule has 0 radical (unpaired) electrons. The van der Waals surface area contributed by atoms with Gasteiger partial charge in [-0.1, -0.05) is 38.1 Å². The molecule has 0 bridgehead atoms. The van der Waals surface area contributed by atoms with Crippen LogP contribution in [0.1, 0.15) is 74.4 Å². The predicted octanol–water partition coefficient (Wildman–Crippen LogP) is 5.49. The zero-order valence-electron chi connectivity index (χ0n) is 24.7. The van der Waals surface area contributed by atoms with E-state index in [0.29, 0.717) is 32.5 Å². The predicted molar refractivity (Wildman–Crippen MR) is 159 cm³/mol. The largest absolute Gasteiger partial charge is 0.347 e. The van der Waals surface area contributed by atoms with Gasteiger partial charge in [0.15, 0.2) is 0 Å². The van der Waals surface area contributed by atoms with Crippen LogP contribution in [0.2, 0.25) is 0 Å². The molecule has 1 N–H and O–H groups in total. The third kappa shape index (κ3) is 7.76. The van der Waals surface area contributed by atoms with Crippen LogP contribution in [0.15, 0.2) is 59.8 Å². The van der Waals surface area contributed by atoms with E-state index in [2.05, 4.69) is 10.3 Å². The average Bonchev–Trinajstić information content (AvgIpc) is 3.32. The molecule has 1 amide bonds. The Hall–Kier alpha value is -3.65. The number of nitrogens with one attached hydrogen (secondary N) is 1. The Labute approximate surface area is 241 Å². The molecule has 1 unspecified atom stereocenters. The lowest BCUT2D eigenvalue weighted by Crippen LogP contribution is -2.40. The molecule has 3 aromatic rings. The van der Waals surface area contributed by atoms with Crippen LogP contribution in [0.25, 0.3) is 11.1 Å². The number of carbonyl (C=O) groups is 2. The van der Waals surface area contributed by atoms with Crippen molar-refractivity contribution in [2.24, 2.45) is 5.92 Å². The molecule has 3 atom stereocenters. The highest BCUT2D eigenvalue weighted by Gasteiger charge is 2.28. The van der Waals surface area contributed by atoms with E-state index in [1.165, 1.54) is 17.6 Å². The molecule has 1 saturated heterocycles. The van der Waals surface area contributed by atoms with E-state index in [1.807, 2.05) is 56.9 Å². The van der Waals surface area contributed by atoms with Crippen LogP contribution in [-0.4, -0.2) is 45.4 Å². The quantitative estimate of drug-likeness (QED) is 0.335. The molecule has 0 saturated carbocycles. The fourth-order valence-corrected chi connectivity index (χ4v) is 5.73. The molecule has 4 rings (SSSR count). The minimum absolute atomic E-state index is 0.0656. The van der Waals surface area contributed by atoms with E-state index in [9.17, 15) is 18.8 Å². The summed E-state index contributed by atoms with van der Waals surface area (Å²) < 4.78 is 15.2. The molecule has 8 heteroatoms. The molecule has 218 valence electrons. The summed E-state index contributed by atoms with van der Waals surface area (Å²) in [6.07, 6.45) is 5.43. The molecular weight excluding hydrogens is 519 g/mol. The number of Topliss-reactive ketones (excluding diaryl/α,β-unsaturated/α-hetero) is 1. The highest BCUT2D eigenvalue weighted by Crippen LogP contribution is 2.30. The van der Waals surface area contributed by atoms with Gasteiger partial charge in [0.2, 0.25) is 5.91 Å². The third-order valence-electron chi connectivity index (χ3n) is 7.69. The number of aromatic nitrogens is 2. The summed E-state index contributed by atoms with van der Waals surface area (Å²) in [5.41, 5.74) is 5.53. The number of alkyl halides is 1. The Kier molecular flexibility index (Phi) is 9.86. The van der Waals surface area contributed by atoms with Gasteiger partial charge >= 0.3 is 0 Å². The number of ketones is 1. The van der Waals surface area contributed by atoms with E-state index >= 15 is 0 Å². The van der Waals surface area contributed by atoms with Crippen molar-refractivity contribution in [3.05, 3.63) is 87.6 Å². The van der Waals surface area contributed by atoms with Crippen LogP contribution in [0.3, 0.4) is 0 Å². The van der Waals surface area contributed by atoms with Crippen LogP contribution in [0.5, 0.6) is 0 Å². The van der Waals surface area contributed by atoms with Gasteiger partial charge in [-0.25, -0.2) is 4.39 Å². The number of carbonyl (C=O) groups excluding carboxylic acids is 2. The smallest absolute Gasteiger partial charge is 0.251 e. The first-order valence-corrected chi connectivity index (χ1v) is 14.4. The molecule has 41 heavy (non-hydrogen) atoms. The summed E-state index contributed by atoms with van der Waals surface area (Å²) in [6, 6.07) is 9.95. The molecule has 1 aliphatic heterocycles. The fourth-order valence-electron chi connectivity index (χ4n) is 5.73. The molecule has 0 spiro atoms. The lowest BCUT2D eigenvalue weighted by atomic mass is 9.94. The Balaban J connectivity index is 1.64. The summed E-state index contributed by atoms with van der Waals surface area (Å²) in [5, 5.41) is 3.08. The molecule has 2 aromatic heterocycles. The number of likely N-dealkylation sites (tertiary alicyclic amines) is 1. The first-order valence-electron chi connectivity index (χ1n) is 14.4. The van der Waals surface area contributed by atoms with Crippen molar-refractivity contribution in [2.75, 3.05) is 13.1 Å². The number of hydrogen-bond acceptors (Lipinski definition) is 5. The second-order valence-electron chi connectivity index (χ2n) is 11.8. The topological polar surface area (TPSA) is 84.3 Å². The van der Waals surface area contributed by atoms with Gasteiger partial charge in [0, 0.05) is 56.3 Å². The van der Waals surface area contributed by atoms with Gasteiger partial charge in [-0.15, -0.1) is 0 Å². The lowest BCUT2D eigenvalue weighted by Gasteiger charge is -2.26. The first-order chi connectivity index (χ1) is 19.5. The first kappa shape index (κ1) is 30.3. The number of nitrogens with zero attached hydrogens (tertiary/aromatic N) is 3. The van der Waals surface area contributed by atoms with Crippen molar-refractivity contribution in [1.29, 1.82) is 0 Å². The van der Waals surface area contributed by atoms with Crippen LogP contribution in [-0.2, 0) is 16.1 Å². The van der Waals surface area contributed by atoms with Crippen molar-refractivity contribution in [3.63, 3.8) is 0 Å². The molecule has 0 aliphatic carbocycles. The van der Waals surface area contributed by atoms with Crippen LogP contribution in [0.4, 0.5) is 4.39 Å². The maximum atomic E-state index is 13.9. The van der Waals surface area contributed by atoms with Crippen molar-refractivity contribution in [1.82, 2.24) is 19.8 Å². The Bertz CT molecular complexity index is 1430. The summed E-state index contributed by atoms with van der Waals surface area (Å²) >= 11 is 0. The SMILES string of the molecule is CC(=O)C[C@H](NC(=O)C(CC(C)C)n1cc(CN2CC[C@@H](F)C2)ccc1=O)c1cncc(-c2c(C)cccc2C)c1. The molecule has 7 nitrogen and oxygen atoms in total. The lowest BCUT2D eigenvalue weighted by molar-refractivity contribution is -0.126. The van der Waals surface area contributed by atoms with E-state index in [4.69, 9.17) is 0 Å². The number of halogens is 1. The number of amides is 1. The Morgan fingerprint density at radius 1 is 1.12 bits per heavy atom. The summed E-state index contributed by atoms with van der Waals surface area (Å²) in [6.45, 7) is 11.2. The average molecular weight is 561 g/mol. The Morgan fingerprint density at radius 3 is 2.49 bits per heavy atom. The molecular formula is C33H41FN4O3. The van der Waals surface area contributed by atoms with Gasteiger partial charge in [-0.05, 0) is 73.4 Å². The monoisotopic (exact) mass is 560 g/mol. The van der Waals surface area contributed by atoms with Gasteiger partial charge < -0.3 is 9.88 Å². The molecule has 1 aliphatic rings. The fraction of sp³-hybridized carbons (Fsp3) is 0.455. The van der Waals surface area contributed by atoms with Crippen molar-refractivity contribution in [2.45, 2.75) is 78.7 Å². The van der Waals surface area contributed by atoms with Crippen molar-refractivity contribution < 1.29 is 14.0 Å². The zero-order valence-corrected chi connectivity index (χ0v) is 24.7. The normalized spacial score (nSPS) is 17.0. The summed E-state index contributed by atoms with van der Waals surface area (Å²) in [7, 11) is 0. The maximum absolute atomic E-state index is 13.9. The van der Waals surface area contributed by atoms with Gasteiger partial charge in [0.25, 0.3) is 5.56 Å². The van der Waals surface area contributed by atoms with Gasteiger partial charge in [0.05, 0.1) is 6.04 Å². The number of pyridine rings is 2. The summed E-state index contributed by atoms with van der Waals surface area (Å²) in [4.78, 5) is 45.7. The van der Waals surface area contributed by atoms with Crippen molar-refractivity contribution >= 4 is 11.7 Å². The van der Waals surface area contributed by atoms with Crippen LogP contribution in [0, 0.1) is 19.8 Å². The van der Waals surface area contributed by atoms with Crippen LogP contribution >= 0.6 is 0 Å². The van der Waals surface area contributed by atoms with E-state index < -0.39 is 18.3 Å². The zero-order chi connectivity index (χ0) is 29.7. The van der Waals surface area contributed by atoms with Gasteiger partial charge in [-0.2, -0.15) is 0 Å². The molecule has 1 aromatic carbocycles. The minimum atomic E-state index is -0.832. The van der Waals surface area contributed by atoms with Gasteiger partial charge in [-0.3, -0.25) is 24.3 Å². The summed E-state index contributed by atoms with van der Waals surface area (Å²) in [5.74, 6) is -0.261. The highest BCUT2D eigenvalue weighted by molar-refractivity contribution is 5.83. The number of aryl methyl sites for hydroxylation is 2. The maximum Gasteiger partial charge on any atom is 0.251 e. The van der Waals surface area contributed by atoms with Crippen LogP contribution < -0.4 is 10.9 Å². The molecule has 1 fully saturated rings. The second-order valence-corrected chi connectivity index (χ2v) is 11.8. The number of hydrogen-bond donors (Lipinski definition) is 1. The second kappa shape index (κ2) is 13.3. The third-order valence-corrected chi connectivity index (χ3v) is 7.69. The highest BCUT2D eigenvalue weighted by atomic mass is 19.1. The molecule has 3 heterocycles. The van der Waals surface area contributed by atoms with E-state index in [1.54, 1.807) is 24.7 Å². The number of benzene rings is 1. The van der Waals surface area contributed by atoms with E-state index in [-0.39, 0.29) is 29.6 Å². The van der Waals surface area contributed by atoms with E-state index in [0.717, 1.165) is 33.4 Å². The standard InChI is InChI=1S/C33H41FN4O3/c1-21(2)13-30(38-19-25(9-10-31(38)40)18-37-12-11-28(34)20-37)33(41)36-29(14-24(5)39)26-15-27(17-35-16-26)32-22(3)7-6-8-23(32)4/h6-10,15-17,19,21,28-30H,11-14,18,20H2,1-5H3,(H,36,41)/t28-,29+,30?/m1/s1. The number of rotatable bonds is 11. The van der Waals surface area contributed by atoms with Gasteiger partial charge in [0.1, 0.15) is 18.0 Å². The Morgan fingerprint density at radius 2 is 1.85 bits per heavy atom. The minimum Gasteiger partial charge on any atom is -0.347 e. The van der Waals surface area contributed by atoms with Crippen molar-refractivity contribution in [3.8, 4) is 11.1 Å².